The van der Waals surface area contributed by atoms with Gasteiger partial charge in [-0.15, -0.1) is 0 Å². The van der Waals surface area contributed by atoms with Crippen LogP contribution in [0.1, 0.15) is 22.9 Å². The lowest BCUT2D eigenvalue weighted by Gasteiger charge is -2.16. The number of nitrogens with zero attached hydrogens (tertiary/aromatic N) is 1. The van der Waals surface area contributed by atoms with Crippen LogP contribution in [0.25, 0.3) is 17.0 Å². The fourth-order valence-electron chi connectivity index (χ4n) is 1.98. The Morgan fingerprint density at radius 2 is 2.13 bits per heavy atom. The van der Waals surface area contributed by atoms with Crippen molar-refractivity contribution in [3.63, 3.8) is 0 Å². The van der Waals surface area contributed by atoms with Gasteiger partial charge in [0.05, 0.1) is 11.2 Å². The summed E-state index contributed by atoms with van der Waals surface area (Å²) >= 11 is 4.57. The van der Waals surface area contributed by atoms with Crippen LogP contribution in [-0.4, -0.2) is 4.98 Å². The van der Waals surface area contributed by atoms with Crippen LogP contribution in [0, 0.1) is 0 Å². The largest absolute Gasteiger partial charge is 0.248 e. The van der Waals surface area contributed by atoms with Gasteiger partial charge in [-0.05, 0) is 30.2 Å². The van der Waals surface area contributed by atoms with Crippen LogP contribution in [0.3, 0.4) is 0 Å². The predicted molar refractivity (Wildman–Crippen MR) is 67.1 cm³/mol. The molecule has 0 spiro atoms. The maximum Gasteiger partial charge on any atom is 0.0709 e. The van der Waals surface area contributed by atoms with E-state index >= 15 is 0 Å². The number of benzene rings is 1. The van der Waals surface area contributed by atoms with Crippen molar-refractivity contribution in [2.75, 3.05) is 0 Å². The summed E-state index contributed by atoms with van der Waals surface area (Å²) in [6, 6.07) is 10.4. The summed E-state index contributed by atoms with van der Waals surface area (Å²) in [5, 5.41) is 1.49. The van der Waals surface area contributed by atoms with Gasteiger partial charge in [-0.3, -0.25) is 0 Å². The van der Waals surface area contributed by atoms with Crippen molar-refractivity contribution in [3.05, 3.63) is 47.7 Å². The molecule has 0 aliphatic heterocycles. The summed E-state index contributed by atoms with van der Waals surface area (Å²) in [7, 11) is 0. The van der Waals surface area contributed by atoms with E-state index in [0.717, 1.165) is 17.6 Å². The summed E-state index contributed by atoms with van der Waals surface area (Å²) in [6.45, 7) is 0. The molecule has 0 bridgehead atoms. The molecule has 0 saturated carbocycles. The number of aromatic nitrogens is 1. The number of fused-ring (bicyclic) bond motifs is 2. The summed E-state index contributed by atoms with van der Waals surface area (Å²) in [6.07, 6.45) is 5.23. The highest BCUT2D eigenvalue weighted by Gasteiger charge is 2.14. The van der Waals surface area contributed by atoms with Crippen molar-refractivity contribution >= 4 is 29.6 Å². The molecule has 74 valence electrons. The van der Waals surface area contributed by atoms with E-state index in [2.05, 4.69) is 41.9 Å². The number of hydrogen-bond acceptors (Lipinski definition) is 2. The summed E-state index contributed by atoms with van der Waals surface area (Å²) in [5.41, 5.74) is 3.38. The Hall–Kier alpha value is -1.28. The Balaban J connectivity index is 2.33. The van der Waals surface area contributed by atoms with Crippen molar-refractivity contribution in [3.8, 4) is 0 Å². The van der Waals surface area contributed by atoms with Crippen LogP contribution in [0.15, 0.2) is 36.4 Å². The number of hydrogen-bond donors (Lipinski definition) is 1. The molecule has 1 heterocycles. The third-order valence-corrected chi connectivity index (χ3v) is 3.27. The molecule has 0 fully saturated rings. The van der Waals surface area contributed by atoms with E-state index in [-0.39, 0.29) is 0 Å². The third kappa shape index (κ3) is 1.45. The molecule has 3 rings (SSSR count). The fraction of sp³-hybridized carbons (Fsp3) is 0.154. The molecule has 1 nitrogen and oxygen atoms in total. The van der Waals surface area contributed by atoms with Gasteiger partial charge in [-0.1, -0.05) is 24.3 Å². The summed E-state index contributed by atoms with van der Waals surface area (Å²) in [4.78, 5) is 4.63. The van der Waals surface area contributed by atoms with Crippen LogP contribution in [0.4, 0.5) is 0 Å². The number of para-hydroxylation sites is 1. The fourth-order valence-corrected chi connectivity index (χ4v) is 2.31. The molecule has 1 aliphatic carbocycles. The van der Waals surface area contributed by atoms with Crippen LogP contribution in [-0.2, 0) is 0 Å². The van der Waals surface area contributed by atoms with Crippen molar-refractivity contribution in [1.29, 1.82) is 0 Å². The Labute approximate surface area is 94.3 Å². The van der Waals surface area contributed by atoms with Crippen LogP contribution >= 0.6 is 12.6 Å². The predicted octanol–water partition coefficient (Wildman–Crippen LogP) is 3.62. The molecule has 1 aromatic heterocycles. The van der Waals surface area contributed by atoms with Crippen LogP contribution < -0.4 is 0 Å². The van der Waals surface area contributed by atoms with E-state index in [4.69, 9.17) is 0 Å². The van der Waals surface area contributed by atoms with Gasteiger partial charge >= 0.3 is 0 Å². The van der Waals surface area contributed by atoms with Gasteiger partial charge in [0, 0.05) is 10.6 Å². The van der Waals surface area contributed by atoms with Gasteiger partial charge in [0.15, 0.2) is 0 Å². The first kappa shape index (κ1) is 8.98. The van der Waals surface area contributed by atoms with Gasteiger partial charge < -0.3 is 0 Å². The molecule has 1 atom stereocenters. The first-order valence-electron chi connectivity index (χ1n) is 5.09. The van der Waals surface area contributed by atoms with Crippen LogP contribution in [0.5, 0.6) is 0 Å². The number of thiol groups is 1. The maximum absolute atomic E-state index is 4.63. The van der Waals surface area contributed by atoms with Crippen molar-refractivity contribution in [1.82, 2.24) is 4.98 Å². The smallest absolute Gasteiger partial charge is 0.0709 e. The standard InChI is InChI=1S/C13H11NS/c15-13-7-3-6-12-10(13)8-9-4-1-2-5-11(9)14-12/h1-6,8,13,15H,7H2. The van der Waals surface area contributed by atoms with E-state index in [1.807, 2.05) is 18.2 Å². The van der Waals surface area contributed by atoms with Crippen molar-refractivity contribution in [2.45, 2.75) is 11.7 Å². The molecule has 1 aliphatic rings. The first-order chi connectivity index (χ1) is 7.34. The van der Waals surface area contributed by atoms with Crippen molar-refractivity contribution in [2.24, 2.45) is 0 Å². The van der Waals surface area contributed by atoms with Gasteiger partial charge in [0.1, 0.15) is 0 Å². The van der Waals surface area contributed by atoms with E-state index in [9.17, 15) is 0 Å². The molecule has 0 amide bonds. The minimum Gasteiger partial charge on any atom is -0.248 e. The SMILES string of the molecule is SC1CC=Cc2nc3ccccc3cc21. The lowest BCUT2D eigenvalue weighted by molar-refractivity contribution is 0.951. The Morgan fingerprint density at radius 1 is 1.27 bits per heavy atom. The third-order valence-electron chi connectivity index (χ3n) is 2.78. The molecule has 2 aromatic rings. The average Bonchev–Trinajstić information content (AvgIpc) is 2.27. The van der Waals surface area contributed by atoms with Gasteiger partial charge in [-0.2, -0.15) is 12.6 Å². The zero-order chi connectivity index (χ0) is 10.3. The van der Waals surface area contributed by atoms with E-state index in [1.165, 1.54) is 10.9 Å². The highest BCUT2D eigenvalue weighted by Crippen LogP contribution is 2.33. The van der Waals surface area contributed by atoms with E-state index in [1.54, 1.807) is 0 Å². The van der Waals surface area contributed by atoms with Gasteiger partial charge in [-0.25, -0.2) is 4.98 Å². The Bertz CT molecular complexity index is 545. The lowest BCUT2D eigenvalue weighted by atomic mass is 9.99. The summed E-state index contributed by atoms with van der Waals surface area (Å²) in [5.74, 6) is 0. The lowest BCUT2D eigenvalue weighted by Crippen LogP contribution is -2.00. The Kier molecular flexibility index (Phi) is 2.03. The topological polar surface area (TPSA) is 12.9 Å². The highest BCUT2D eigenvalue weighted by atomic mass is 32.1. The van der Waals surface area contributed by atoms with Crippen molar-refractivity contribution < 1.29 is 0 Å². The second kappa shape index (κ2) is 3.38. The summed E-state index contributed by atoms with van der Waals surface area (Å²) < 4.78 is 0. The maximum atomic E-state index is 4.63. The van der Waals surface area contributed by atoms with Gasteiger partial charge in [0.2, 0.25) is 0 Å². The zero-order valence-corrected chi connectivity index (χ0v) is 9.11. The first-order valence-corrected chi connectivity index (χ1v) is 5.60. The molecule has 1 aromatic carbocycles. The molecule has 0 N–H and O–H groups in total. The number of pyridine rings is 1. The minimum atomic E-state index is 0.294. The molecule has 2 heteroatoms. The zero-order valence-electron chi connectivity index (χ0n) is 8.22. The Morgan fingerprint density at radius 3 is 3.07 bits per heavy atom. The molecular weight excluding hydrogens is 202 g/mol. The molecular formula is C13H11NS. The highest BCUT2D eigenvalue weighted by molar-refractivity contribution is 7.80. The molecule has 1 unspecified atom stereocenters. The molecule has 15 heavy (non-hydrogen) atoms. The monoisotopic (exact) mass is 213 g/mol. The normalized spacial score (nSPS) is 19.1. The molecule has 0 saturated heterocycles. The van der Waals surface area contributed by atoms with Crippen LogP contribution in [0.2, 0.25) is 0 Å². The average molecular weight is 213 g/mol. The number of rotatable bonds is 0. The quantitative estimate of drug-likeness (QED) is 0.659. The number of allylic oxidation sites excluding steroid dienone is 1. The van der Waals surface area contributed by atoms with E-state index < -0.39 is 0 Å². The van der Waals surface area contributed by atoms with Gasteiger partial charge in [0.25, 0.3) is 0 Å². The second-order valence-electron chi connectivity index (χ2n) is 3.81. The van der Waals surface area contributed by atoms with E-state index in [0.29, 0.717) is 5.25 Å². The minimum absolute atomic E-state index is 0.294. The molecule has 0 radical (unpaired) electrons. The second-order valence-corrected chi connectivity index (χ2v) is 4.43.